The van der Waals surface area contributed by atoms with Crippen molar-refractivity contribution in [2.45, 2.75) is 25.4 Å². The topological polar surface area (TPSA) is 50.6 Å². The van der Waals surface area contributed by atoms with Crippen LogP contribution < -0.4 is 0 Å². The largest absolute Gasteiger partial charge is 0.369 e. The van der Waals surface area contributed by atoms with Crippen LogP contribution in [0.1, 0.15) is 24.6 Å². The van der Waals surface area contributed by atoms with Crippen molar-refractivity contribution in [1.29, 1.82) is 0 Å². The number of ether oxygens (including phenoxy) is 1. The van der Waals surface area contributed by atoms with Gasteiger partial charge in [0.15, 0.2) is 0 Å². The molecule has 0 radical (unpaired) electrons. The third-order valence-electron chi connectivity index (χ3n) is 4.09. The van der Waals surface area contributed by atoms with Gasteiger partial charge in [0.2, 0.25) is 5.91 Å². The lowest BCUT2D eigenvalue weighted by molar-refractivity contribution is -0.135. The first-order valence-electron chi connectivity index (χ1n) is 7.29. The van der Waals surface area contributed by atoms with Crippen LogP contribution in [0, 0.1) is 0 Å². The lowest BCUT2D eigenvalue weighted by atomic mass is 10.2. The van der Waals surface area contributed by atoms with Crippen LogP contribution in [0.25, 0.3) is 0 Å². The SMILES string of the molecule is CN1Cc2cncn2[C@H](COCC(=O)N2CCCC2)C1. The van der Waals surface area contributed by atoms with Crippen molar-refractivity contribution < 1.29 is 9.53 Å². The van der Waals surface area contributed by atoms with Crippen LogP contribution in [-0.4, -0.2) is 65.2 Å². The van der Waals surface area contributed by atoms with E-state index in [9.17, 15) is 4.79 Å². The van der Waals surface area contributed by atoms with Crippen LogP contribution in [0.2, 0.25) is 0 Å². The molecule has 0 spiro atoms. The van der Waals surface area contributed by atoms with Gasteiger partial charge in [0, 0.05) is 32.4 Å². The molecule has 0 saturated carbocycles. The molecule has 1 saturated heterocycles. The molecule has 0 bridgehead atoms. The maximum atomic E-state index is 11.9. The van der Waals surface area contributed by atoms with Gasteiger partial charge >= 0.3 is 0 Å². The van der Waals surface area contributed by atoms with E-state index < -0.39 is 0 Å². The van der Waals surface area contributed by atoms with Gasteiger partial charge in [-0.15, -0.1) is 0 Å². The Morgan fingerprint density at radius 2 is 2.25 bits per heavy atom. The van der Waals surface area contributed by atoms with E-state index in [4.69, 9.17) is 4.74 Å². The fourth-order valence-electron chi connectivity index (χ4n) is 3.05. The Hall–Kier alpha value is -1.40. The predicted molar refractivity (Wildman–Crippen MR) is 74.2 cm³/mol. The minimum absolute atomic E-state index is 0.123. The van der Waals surface area contributed by atoms with E-state index in [1.165, 1.54) is 5.69 Å². The minimum Gasteiger partial charge on any atom is -0.369 e. The average molecular weight is 278 g/mol. The number of amides is 1. The minimum atomic E-state index is 0.123. The van der Waals surface area contributed by atoms with E-state index in [0.29, 0.717) is 6.61 Å². The van der Waals surface area contributed by atoms with Crippen LogP contribution in [0.15, 0.2) is 12.5 Å². The molecule has 0 aliphatic carbocycles. The van der Waals surface area contributed by atoms with Crippen molar-refractivity contribution in [3.63, 3.8) is 0 Å². The Kier molecular flexibility index (Phi) is 4.03. The molecule has 1 amide bonds. The number of likely N-dealkylation sites (tertiary alicyclic amines) is 1. The van der Waals surface area contributed by atoms with Crippen molar-refractivity contribution in [3.8, 4) is 0 Å². The molecule has 6 nitrogen and oxygen atoms in total. The summed E-state index contributed by atoms with van der Waals surface area (Å²) < 4.78 is 7.82. The molecule has 0 unspecified atom stereocenters. The number of fused-ring (bicyclic) bond motifs is 1. The van der Waals surface area contributed by atoms with Gasteiger partial charge in [-0.1, -0.05) is 0 Å². The van der Waals surface area contributed by atoms with E-state index >= 15 is 0 Å². The summed E-state index contributed by atoms with van der Waals surface area (Å²) in [6, 6.07) is 0.248. The third kappa shape index (κ3) is 2.86. The van der Waals surface area contributed by atoms with Crippen molar-refractivity contribution in [3.05, 3.63) is 18.2 Å². The highest BCUT2D eigenvalue weighted by Gasteiger charge is 2.24. The van der Waals surface area contributed by atoms with Gasteiger partial charge < -0.3 is 14.2 Å². The van der Waals surface area contributed by atoms with Crippen LogP contribution in [0.4, 0.5) is 0 Å². The highest BCUT2D eigenvalue weighted by atomic mass is 16.5. The second kappa shape index (κ2) is 5.93. The molecule has 0 N–H and O–H groups in total. The van der Waals surface area contributed by atoms with E-state index in [0.717, 1.165) is 39.0 Å². The molecule has 2 aliphatic heterocycles. The number of hydrogen-bond donors (Lipinski definition) is 0. The molecule has 3 heterocycles. The molecule has 1 aromatic rings. The number of imidazole rings is 1. The Morgan fingerprint density at radius 3 is 3.05 bits per heavy atom. The Labute approximate surface area is 119 Å². The van der Waals surface area contributed by atoms with Gasteiger partial charge in [0.25, 0.3) is 0 Å². The first kappa shape index (κ1) is 13.6. The first-order valence-corrected chi connectivity index (χ1v) is 7.29. The van der Waals surface area contributed by atoms with Gasteiger partial charge in [0.1, 0.15) is 6.61 Å². The smallest absolute Gasteiger partial charge is 0.248 e. The summed E-state index contributed by atoms with van der Waals surface area (Å²) in [5.74, 6) is 0.123. The summed E-state index contributed by atoms with van der Waals surface area (Å²) in [7, 11) is 2.10. The zero-order chi connectivity index (χ0) is 13.9. The average Bonchev–Trinajstić information content (AvgIpc) is 3.09. The van der Waals surface area contributed by atoms with Crippen LogP contribution in [0.3, 0.4) is 0 Å². The zero-order valence-corrected chi connectivity index (χ0v) is 12.0. The van der Waals surface area contributed by atoms with E-state index in [1.807, 2.05) is 17.4 Å². The highest BCUT2D eigenvalue weighted by molar-refractivity contribution is 5.77. The van der Waals surface area contributed by atoms with Gasteiger partial charge in [-0.3, -0.25) is 9.69 Å². The molecule has 3 rings (SSSR count). The van der Waals surface area contributed by atoms with Gasteiger partial charge in [-0.25, -0.2) is 4.98 Å². The quantitative estimate of drug-likeness (QED) is 0.805. The second-order valence-corrected chi connectivity index (χ2v) is 5.75. The monoisotopic (exact) mass is 278 g/mol. The summed E-state index contributed by atoms with van der Waals surface area (Å²) in [5.41, 5.74) is 1.21. The molecular weight excluding hydrogens is 256 g/mol. The molecule has 1 atom stereocenters. The standard InChI is InChI=1S/C14H22N4O2/c1-16-7-12-6-15-11-18(12)13(8-16)9-20-10-14(19)17-4-2-3-5-17/h6,11,13H,2-5,7-10H2,1H3/t13-/m0/s1. The van der Waals surface area contributed by atoms with Crippen molar-refractivity contribution in [2.75, 3.05) is 39.9 Å². The predicted octanol–water partition coefficient (Wildman–Crippen LogP) is 0.509. The van der Waals surface area contributed by atoms with Crippen LogP contribution in [0.5, 0.6) is 0 Å². The third-order valence-corrected chi connectivity index (χ3v) is 4.09. The number of carbonyl (C=O) groups is 1. The maximum Gasteiger partial charge on any atom is 0.248 e. The summed E-state index contributed by atoms with van der Waals surface area (Å²) in [4.78, 5) is 20.3. The summed E-state index contributed by atoms with van der Waals surface area (Å²) >= 11 is 0. The summed E-state index contributed by atoms with van der Waals surface area (Å²) in [6.45, 7) is 4.39. The Bertz CT molecular complexity index is 467. The number of nitrogens with zero attached hydrogens (tertiary/aromatic N) is 4. The molecule has 0 aromatic carbocycles. The van der Waals surface area contributed by atoms with Gasteiger partial charge in [0.05, 0.1) is 24.7 Å². The number of rotatable bonds is 4. The molecule has 2 aliphatic rings. The second-order valence-electron chi connectivity index (χ2n) is 5.75. The Balaban J connectivity index is 1.50. The summed E-state index contributed by atoms with van der Waals surface area (Å²) in [5, 5.41) is 0. The van der Waals surface area contributed by atoms with Crippen molar-refractivity contribution in [1.82, 2.24) is 19.4 Å². The molecule has 1 aromatic heterocycles. The number of aromatic nitrogens is 2. The van der Waals surface area contributed by atoms with Crippen LogP contribution >= 0.6 is 0 Å². The lowest BCUT2D eigenvalue weighted by Crippen LogP contribution is -2.37. The van der Waals surface area contributed by atoms with E-state index in [-0.39, 0.29) is 18.6 Å². The zero-order valence-electron chi connectivity index (χ0n) is 12.0. The van der Waals surface area contributed by atoms with Gasteiger partial charge in [-0.05, 0) is 19.9 Å². The fourth-order valence-corrected chi connectivity index (χ4v) is 3.05. The molecule has 1 fully saturated rings. The fraction of sp³-hybridized carbons (Fsp3) is 0.714. The van der Waals surface area contributed by atoms with E-state index in [2.05, 4.69) is 21.5 Å². The highest BCUT2D eigenvalue weighted by Crippen LogP contribution is 2.19. The molecule has 110 valence electrons. The number of likely N-dealkylation sites (N-methyl/N-ethyl adjacent to an activating group) is 1. The molecule has 6 heteroatoms. The number of hydrogen-bond acceptors (Lipinski definition) is 4. The Morgan fingerprint density at radius 1 is 1.45 bits per heavy atom. The summed E-state index contributed by atoms with van der Waals surface area (Å²) in [6.07, 6.45) is 6.01. The van der Waals surface area contributed by atoms with E-state index in [1.54, 1.807) is 0 Å². The molecule has 20 heavy (non-hydrogen) atoms. The number of carbonyl (C=O) groups excluding carboxylic acids is 1. The maximum absolute atomic E-state index is 11.9. The first-order chi connectivity index (χ1) is 9.74. The molecular formula is C14H22N4O2. The normalized spacial score (nSPS) is 23.1. The van der Waals surface area contributed by atoms with Crippen molar-refractivity contribution >= 4 is 5.91 Å². The lowest BCUT2D eigenvalue weighted by Gasteiger charge is -2.31. The van der Waals surface area contributed by atoms with Gasteiger partial charge in [-0.2, -0.15) is 0 Å². The van der Waals surface area contributed by atoms with Crippen molar-refractivity contribution in [2.24, 2.45) is 0 Å². The van der Waals surface area contributed by atoms with Crippen LogP contribution in [-0.2, 0) is 16.1 Å².